The smallest absolute Gasteiger partial charge is 0.251 e. The zero-order chi connectivity index (χ0) is 33.9. The number of nitrogens with one attached hydrogen (secondary N) is 3. The molecule has 50 heavy (non-hydrogen) atoms. The van der Waals surface area contributed by atoms with Crippen molar-refractivity contribution in [2.45, 2.75) is 75.1 Å². The number of aromatic nitrogens is 3. The van der Waals surface area contributed by atoms with Crippen molar-refractivity contribution in [3.63, 3.8) is 0 Å². The first-order chi connectivity index (χ1) is 24.5. The number of hydrogen-bond acceptors (Lipinski definition) is 9. The Bertz CT molecular complexity index is 1880. The van der Waals surface area contributed by atoms with Gasteiger partial charge in [0.25, 0.3) is 5.91 Å². The van der Waals surface area contributed by atoms with Crippen LogP contribution < -0.4 is 16.0 Å². The highest BCUT2D eigenvalue weighted by Crippen LogP contribution is 2.51. The maximum absolute atomic E-state index is 12.4. The molecule has 10 heteroatoms. The van der Waals surface area contributed by atoms with E-state index in [1.165, 1.54) is 18.4 Å². The number of benzene rings is 2. The number of carbonyl (C=O) groups excluding carboxylic acids is 1. The van der Waals surface area contributed by atoms with E-state index in [4.69, 9.17) is 14.7 Å². The second-order valence-electron chi connectivity index (χ2n) is 13.9. The van der Waals surface area contributed by atoms with Gasteiger partial charge in [-0.1, -0.05) is 30.2 Å². The van der Waals surface area contributed by atoms with Gasteiger partial charge in [0.1, 0.15) is 11.5 Å². The summed E-state index contributed by atoms with van der Waals surface area (Å²) in [5.74, 6) is 7.43. The monoisotopic (exact) mass is 669 g/mol. The molecule has 1 amide bonds. The van der Waals surface area contributed by atoms with Gasteiger partial charge in [-0.15, -0.1) is 0 Å². The van der Waals surface area contributed by atoms with Crippen LogP contribution in [0.5, 0.6) is 0 Å². The van der Waals surface area contributed by atoms with E-state index in [2.05, 4.69) is 61.9 Å². The summed E-state index contributed by atoms with van der Waals surface area (Å²) in [5.41, 5.74) is 6.34. The minimum Gasteiger partial charge on any atom is -0.393 e. The Hall–Kier alpha value is -4.82. The zero-order valence-electron chi connectivity index (χ0n) is 28.2. The summed E-state index contributed by atoms with van der Waals surface area (Å²) in [6.07, 6.45) is 11.1. The molecule has 10 nitrogen and oxygen atoms in total. The number of hydrogen-bond donors (Lipinski definition) is 4. The van der Waals surface area contributed by atoms with Crippen LogP contribution in [0.1, 0.15) is 78.5 Å². The van der Waals surface area contributed by atoms with Crippen molar-refractivity contribution in [2.75, 3.05) is 36.9 Å². The number of carbonyl (C=O) groups is 1. The molecule has 0 unspecified atom stereocenters. The number of morpholine rings is 1. The SMILES string of the molecule is O=C(NC1CC1)c1ccnc(C#Cc2ccc(Nc3ncc(-c4ccc(C5(N6CCOCC6)CC5)cc4)c(NC4CCC(O)CC4)n3)cc2)c1. The lowest BCUT2D eigenvalue weighted by Crippen LogP contribution is -2.43. The minimum atomic E-state index is -0.226. The Morgan fingerprint density at radius 2 is 1.62 bits per heavy atom. The molecule has 3 saturated carbocycles. The molecule has 4 aliphatic rings. The van der Waals surface area contributed by atoms with E-state index >= 15 is 0 Å². The molecule has 4 N–H and O–H groups in total. The molecule has 8 rings (SSSR count). The second-order valence-corrected chi connectivity index (χ2v) is 13.9. The van der Waals surface area contributed by atoms with Crippen molar-refractivity contribution in [3.05, 3.63) is 95.4 Å². The molecular formula is C40H43N7O3. The first-order valence-electron chi connectivity index (χ1n) is 17.9. The molecule has 0 radical (unpaired) electrons. The van der Waals surface area contributed by atoms with E-state index in [0.29, 0.717) is 23.2 Å². The Balaban J connectivity index is 0.980. The van der Waals surface area contributed by atoms with Gasteiger partial charge in [0.15, 0.2) is 0 Å². The number of rotatable bonds is 9. The highest BCUT2D eigenvalue weighted by molar-refractivity contribution is 5.94. The van der Waals surface area contributed by atoms with Gasteiger partial charge in [-0.05, 0) is 105 Å². The third-order valence-electron chi connectivity index (χ3n) is 10.3. The lowest BCUT2D eigenvalue weighted by atomic mass is 9.93. The van der Waals surface area contributed by atoms with Crippen LogP contribution in [0.4, 0.5) is 17.5 Å². The Morgan fingerprint density at radius 3 is 2.34 bits per heavy atom. The molecule has 3 heterocycles. The number of anilines is 3. The maximum Gasteiger partial charge on any atom is 0.251 e. The first-order valence-corrected chi connectivity index (χ1v) is 17.9. The van der Waals surface area contributed by atoms with Gasteiger partial charge in [0.05, 0.1) is 19.3 Å². The fraction of sp³-hybridized carbons (Fsp3) is 0.400. The van der Waals surface area contributed by atoms with Gasteiger partial charge >= 0.3 is 0 Å². The number of pyridine rings is 1. The van der Waals surface area contributed by atoms with Crippen molar-refractivity contribution >= 4 is 23.4 Å². The molecule has 2 aromatic heterocycles. The summed E-state index contributed by atoms with van der Waals surface area (Å²) in [6, 6.07) is 20.7. The summed E-state index contributed by atoms with van der Waals surface area (Å²) >= 11 is 0. The normalized spacial score (nSPS) is 21.4. The van der Waals surface area contributed by atoms with Crippen LogP contribution in [0.15, 0.2) is 73.1 Å². The first kappa shape index (κ1) is 32.4. The average Bonchev–Trinajstić information content (AvgIpc) is 4.10. The van der Waals surface area contributed by atoms with Gasteiger partial charge in [0, 0.05) is 65.5 Å². The van der Waals surface area contributed by atoms with Crippen molar-refractivity contribution in [2.24, 2.45) is 0 Å². The van der Waals surface area contributed by atoms with Crippen LogP contribution >= 0.6 is 0 Å². The van der Waals surface area contributed by atoms with Crippen molar-refractivity contribution in [1.29, 1.82) is 0 Å². The fourth-order valence-corrected chi connectivity index (χ4v) is 7.07. The summed E-state index contributed by atoms with van der Waals surface area (Å²) in [6.45, 7) is 3.58. The van der Waals surface area contributed by atoms with E-state index in [1.54, 1.807) is 18.3 Å². The minimum absolute atomic E-state index is 0.0802. The van der Waals surface area contributed by atoms with Gasteiger partial charge < -0.3 is 25.8 Å². The molecule has 4 fully saturated rings. The Labute approximate surface area is 293 Å². The molecule has 0 atom stereocenters. The summed E-state index contributed by atoms with van der Waals surface area (Å²) < 4.78 is 5.61. The second kappa shape index (κ2) is 14.2. The predicted octanol–water partition coefficient (Wildman–Crippen LogP) is 5.61. The van der Waals surface area contributed by atoms with E-state index < -0.39 is 0 Å². The van der Waals surface area contributed by atoms with Crippen LogP contribution in [-0.4, -0.2) is 75.4 Å². The van der Waals surface area contributed by atoms with Crippen LogP contribution in [-0.2, 0) is 10.3 Å². The van der Waals surface area contributed by atoms with E-state index in [-0.39, 0.29) is 23.6 Å². The topological polar surface area (TPSA) is 125 Å². The van der Waals surface area contributed by atoms with E-state index in [0.717, 1.165) is 93.0 Å². The highest BCUT2D eigenvalue weighted by atomic mass is 16.5. The molecule has 256 valence electrons. The highest BCUT2D eigenvalue weighted by Gasteiger charge is 2.49. The number of amides is 1. The van der Waals surface area contributed by atoms with E-state index in [9.17, 15) is 9.90 Å². The van der Waals surface area contributed by atoms with Gasteiger partial charge in [-0.25, -0.2) is 9.97 Å². The third kappa shape index (κ3) is 7.50. The molecule has 0 bridgehead atoms. The standard InChI is InChI=1S/C40H43N7O3/c48-35-15-13-31(14-16-35)43-37-36(28-4-6-30(7-5-28)40(18-19-40)47-21-23-50-24-22-47)26-42-39(46-37)45-33-8-1-27(2-9-33)3-10-34-25-29(17-20-41-34)38(49)44-32-11-12-32/h1-2,4-9,17,20,25-26,31-32,35,48H,11-16,18-19,21-24H2,(H,44,49)(H2,42,43,45,46). The quantitative estimate of drug-likeness (QED) is 0.168. The molecule has 1 aliphatic heterocycles. The van der Waals surface area contributed by atoms with Crippen LogP contribution in [0, 0.1) is 11.8 Å². The Kier molecular flexibility index (Phi) is 9.19. The molecule has 1 saturated heterocycles. The number of aliphatic hydroxyl groups excluding tert-OH is 1. The molecule has 4 aromatic rings. The van der Waals surface area contributed by atoms with Crippen LogP contribution in [0.3, 0.4) is 0 Å². The van der Waals surface area contributed by atoms with Gasteiger partial charge in [-0.3, -0.25) is 9.69 Å². The van der Waals surface area contributed by atoms with Crippen molar-refractivity contribution in [3.8, 4) is 23.0 Å². The summed E-state index contributed by atoms with van der Waals surface area (Å²) in [7, 11) is 0. The summed E-state index contributed by atoms with van der Waals surface area (Å²) in [5, 5.41) is 20.2. The third-order valence-corrected chi connectivity index (χ3v) is 10.3. The van der Waals surface area contributed by atoms with Crippen LogP contribution in [0.25, 0.3) is 11.1 Å². The van der Waals surface area contributed by atoms with Gasteiger partial charge in [0.2, 0.25) is 5.95 Å². The zero-order valence-corrected chi connectivity index (χ0v) is 28.2. The lowest BCUT2D eigenvalue weighted by molar-refractivity contribution is 0.00835. The van der Waals surface area contributed by atoms with E-state index in [1.807, 2.05) is 30.5 Å². The maximum atomic E-state index is 12.4. The van der Waals surface area contributed by atoms with Gasteiger partial charge in [-0.2, -0.15) is 4.98 Å². The number of ether oxygens (including phenoxy) is 1. The fourth-order valence-electron chi connectivity index (χ4n) is 7.07. The number of nitrogens with zero attached hydrogens (tertiary/aromatic N) is 4. The molecular weight excluding hydrogens is 626 g/mol. The molecule has 2 aromatic carbocycles. The molecule has 0 spiro atoms. The predicted molar refractivity (Wildman–Crippen MR) is 193 cm³/mol. The average molecular weight is 670 g/mol. The summed E-state index contributed by atoms with van der Waals surface area (Å²) in [4.78, 5) is 29.0. The number of aliphatic hydroxyl groups is 1. The van der Waals surface area contributed by atoms with Crippen LogP contribution in [0.2, 0.25) is 0 Å². The largest absolute Gasteiger partial charge is 0.393 e. The molecule has 3 aliphatic carbocycles. The lowest BCUT2D eigenvalue weighted by Gasteiger charge is -2.35. The van der Waals surface area contributed by atoms with Crippen molar-refractivity contribution < 1.29 is 14.6 Å². The van der Waals surface area contributed by atoms with Crippen molar-refractivity contribution in [1.82, 2.24) is 25.2 Å². The Morgan fingerprint density at radius 1 is 0.880 bits per heavy atom.